The van der Waals surface area contributed by atoms with Crippen LogP contribution in [0.3, 0.4) is 0 Å². The molecule has 0 aromatic heterocycles. The van der Waals surface area contributed by atoms with E-state index in [0.717, 1.165) is 71.0 Å². The predicted octanol–water partition coefficient (Wildman–Crippen LogP) is 15.4. The molecule has 0 amide bonds. The first-order chi connectivity index (χ1) is 20.8. The Kier molecular flexibility index (Phi) is 23.1. The van der Waals surface area contributed by atoms with Crippen LogP contribution in [0.15, 0.2) is 0 Å². The number of hydrogen-bond acceptors (Lipinski definition) is 0. The van der Waals surface area contributed by atoms with Crippen LogP contribution in [0.5, 0.6) is 0 Å². The molecule has 0 bridgehead atoms. The van der Waals surface area contributed by atoms with Crippen LogP contribution < -0.4 is 0 Å². The van der Waals surface area contributed by atoms with Gasteiger partial charge in [-0.2, -0.15) is 0 Å². The molecule has 0 nitrogen and oxygen atoms in total. The summed E-state index contributed by atoms with van der Waals surface area (Å²) in [5, 5.41) is 0. The fourth-order valence-corrected chi connectivity index (χ4v) is 8.73. The lowest BCUT2D eigenvalue weighted by Gasteiger charge is -2.17. The first kappa shape index (κ1) is 42.0. The van der Waals surface area contributed by atoms with Gasteiger partial charge in [-0.1, -0.05) is 186 Å². The molecule has 44 heavy (non-hydrogen) atoms. The minimum Gasteiger partial charge on any atom is -0.0625 e. The monoisotopic (exact) mass is 617 g/mol. The van der Waals surface area contributed by atoms with Crippen molar-refractivity contribution in [3.63, 3.8) is 0 Å². The third kappa shape index (κ3) is 19.6. The second kappa shape index (κ2) is 24.2. The standard InChI is InChI=1S/4C11H22/c4*1-9(2)11-6-4-5-10(3)7-8-11/h4*9-11H,4-8H2,1-3H3/t2*10-,11+;2*10-,11-/m1010/s1. The summed E-state index contributed by atoms with van der Waals surface area (Å²) in [6.07, 6.45) is 29.6. The van der Waals surface area contributed by atoms with Gasteiger partial charge in [0.1, 0.15) is 0 Å². The van der Waals surface area contributed by atoms with Gasteiger partial charge in [-0.05, 0) is 96.7 Å². The molecule has 0 radical (unpaired) electrons. The predicted molar refractivity (Wildman–Crippen MR) is 202 cm³/mol. The Labute approximate surface area is 281 Å². The summed E-state index contributed by atoms with van der Waals surface area (Å²) in [5.74, 6) is 11.8. The Morgan fingerprint density at radius 1 is 0.250 bits per heavy atom. The van der Waals surface area contributed by atoms with E-state index in [-0.39, 0.29) is 0 Å². The molecule has 4 aliphatic rings. The summed E-state index contributed by atoms with van der Waals surface area (Å²) in [4.78, 5) is 0. The number of hydrogen-bond donors (Lipinski definition) is 0. The van der Waals surface area contributed by atoms with Gasteiger partial charge in [0, 0.05) is 0 Å². The summed E-state index contributed by atoms with van der Waals surface area (Å²) in [6.45, 7) is 28.6. The highest BCUT2D eigenvalue weighted by Gasteiger charge is 2.21. The van der Waals surface area contributed by atoms with E-state index in [1.807, 2.05) is 0 Å². The zero-order chi connectivity index (χ0) is 33.1. The summed E-state index contributed by atoms with van der Waals surface area (Å²) in [5.41, 5.74) is 0. The molecule has 0 N–H and O–H groups in total. The smallest absolute Gasteiger partial charge is 0.0391 e. The first-order valence-corrected chi connectivity index (χ1v) is 20.8. The highest BCUT2D eigenvalue weighted by molar-refractivity contribution is 4.73. The molecule has 0 spiro atoms. The number of rotatable bonds is 4. The summed E-state index contributed by atoms with van der Waals surface area (Å²) in [7, 11) is 0. The molecular weight excluding hydrogens is 528 g/mol. The molecule has 4 aliphatic carbocycles. The topological polar surface area (TPSA) is 0 Å². The molecule has 4 fully saturated rings. The van der Waals surface area contributed by atoms with E-state index in [1.54, 1.807) is 0 Å². The second-order valence-electron chi connectivity index (χ2n) is 18.5. The Morgan fingerprint density at radius 2 is 0.432 bits per heavy atom. The van der Waals surface area contributed by atoms with E-state index in [4.69, 9.17) is 0 Å². The fraction of sp³-hybridized carbons (Fsp3) is 1.00. The van der Waals surface area contributed by atoms with Gasteiger partial charge >= 0.3 is 0 Å². The van der Waals surface area contributed by atoms with Crippen molar-refractivity contribution in [1.29, 1.82) is 0 Å². The molecular formula is C44H88. The molecule has 0 heterocycles. The molecule has 0 unspecified atom stereocenters. The van der Waals surface area contributed by atoms with Gasteiger partial charge in [-0.15, -0.1) is 0 Å². The van der Waals surface area contributed by atoms with Crippen LogP contribution in [-0.2, 0) is 0 Å². The van der Waals surface area contributed by atoms with E-state index in [0.29, 0.717) is 0 Å². The van der Waals surface area contributed by atoms with Crippen LogP contribution in [0, 0.1) is 71.0 Å². The SMILES string of the molecule is CC(C)[C@@H]1CCC[C@@H](C)CC1.CC(C)[C@@H]1CCC[C@H](C)CC1.CC(C)[C@H]1CCC[C@@H](C)CC1.CC(C)[C@H]1CCC[C@H](C)CC1. The van der Waals surface area contributed by atoms with Crippen molar-refractivity contribution in [3.8, 4) is 0 Å². The fourth-order valence-electron chi connectivity index (χ4n) is 8.73. The van der Waals surface area contributed by atoms with E-state index in [2.05, 4.69) is 83.1 Å². The van der Waals surface area contributed by atoms with Crippen molar-refractivity contribution in [2.75, 3.05) is 0 Å². The molecule has 4 rings (SSSR count). The minimum absolute atomic E-state index is 0.917. The van der Waals surface area contributed by atoms with Crippen molar-refractivity contribution in [3.05, 3.63) is 0 Å². The van der Waals surface area contributed by atoms with Gasteiger partial charge in [0.25, 0.3) is 0 Å². The molecule has 4 saturated carbocycles. The molecule has 0 saturated heterocycles. The third-order valence-electron chi connectivity index (χ3n) is 13.0. The lowest BCUT2D eigenvalue weighted by molar-refractivity contribution is 0.338. The van der Waals surface area contributed by atoms with Crippen LogP contribution in [-0.4, -0.2) is 0 Å². The molecule has 0 aliphatic heterocycles. The van der Waals surface area contributed by atoms with E-state index >= 15 is 0 Å². The Morgan fingerprint density at radius 3 is 0.591 bits per heavy atom. The van der Waals surface area contributed by atoms with Crippen molar-refractivity contribution >= 4 is 0 Å². The lowest BCUT2D eigenvalue weighted by Crippen LogP contribution is -2.06. The molecule has 0 aromatic carbocycles. The Bertz CT molecular complexity index is 530. The Balaban J connectivity index is 0.000000293. The zero-order valence-electron chi connectivity index (χ0n) is 33.1. The van der Waals surface area contributed by atoms with Crippen LogP contribution in [0.2, 0.25) is 0 Å². The average Bonchev–Trinajstić information content (AvgIpc) is 3.50. The van der Waals surface area contributed by atoms with Crippen LogP contribution in [0.4, 0.5) is 0 Å². The van der Waals surface area contributed by atoms with Gasteiger partial charge in [-0.3, -0.25) is 0 Å². The average molecular weight is 617 g/mol. The third-order valence-corrected chi connectivity index (χ3v) is 13.0. The van der Waals surface area contributed by atoms with Crippen molar-refractivity contribution in [2.45, 2.75) is 212 Å². The van der Waals surface area contributed by atoms with Gasteiger partial charge < -0.3 is 0 Å². The maximum absolute atomic E-state index is 2.41. The molecule has 0 heteroatoms. The summed E-state index contributed by atoms with van der Waals surface area (Å²) < 4.78 is 0. The van der Waals surface area contributed by atoms with E-state index in [9.17, 15) is 0 Å². The second-order valence-corrected chi connectivity index (χ2v) is 18.5. The summed E-state index contributed by atoms with van der Waals surface area (Å²) >= 11 is 0. The summed E-state index contributed by atoms with van der Waals surface area (Å²) in [6, 6.07) is 0. The van der Waals surface area contributed by atoms with E-state index < -0.39 is 0 Å². The van der Waals surface area contributed by atoms with Crippen molar-refractivity contribution < 1.29 is 0 Å². The van der Waals surface area contributed by atoms with Crippen molar-refractivity contribution in [1.82, 2.24) is 0 Å². The van der Waals surface area contributed by atoms with Crippen LogP contribution >= 0.6 is 0 Å². The zero-order valence-corrected chi connectivity index (χ0v) is 33.1. The quantitative estimate of drug-likeness (QED) is 0.276. The normalized spacial score (nSPS) is 33.8. The maximum Gasteiger partial charge on any atom is -0.0391 e. The maximum atomic E-state index is 2.41. The highest BCUT2D eigenvalue weighted by atomic mass is 14.3. The minimum atomic E-state index is 0.917. The molecule has 0 aromatic rings. The van der Waals surface area contributed by atoms with Crippen LogP contribution in [0.25, 0.3) is 0 Å². The Hall–Kier alpha value is 0. The lowest BCUT2D eigenvalue weighted by atomic mass is 9.89. The highest BCUT2D eigenvalue weighted by Crippen LogP contribution is 2.34. The molecule has 8 atom stereocenters. The van der Waals surface area contributed by atoms with Gasteiger partial charge in [0.2, 0.25) is 0 Å². The van der Waals surface area contributed by atoms with Gasteiger partial charge in [-0.25, -0.2) is 0 Å². The van der Waals surface area contributed by atoms with Crippen LogP contribution in [0.1, 0.15) is 212 Å². The molecule has 264 valence electrons. The largest absolute Gasteiger partial charge is 0.0625 e. The first-order valence-electron chi connectivity index (χ1n) is 20.8. The van der Waals surface area contributed by atoms with Gasteiger partial charge in [0.15, 0.2) is 0 Å². The van der Waals surface area contributed by atoms with Gasteiger partial charge in [0.05, 0.1) is 0 Å². The van der Waals surface area contributed by atoms with E-state index in [1.165, 1.54) is 128 Å². The van der Waals surface area contributed by atoms with Crippen molar-refractivity contribution in [2.24, 2.45) is 71.0 Å².